The van der Waals surface area contributed by atoms with E-state index in [0.29, 0.717) is 17.4 Å². The molecule has 0 atom stereocenters. The quantitative estimate of drug-likeness (QED) is 0.356. The molecule has 0 saturated carbocycles. The Balaban J connectivity index is 2.01. The van der Waals surface area contributed by atoms with E-state index in [2.05, 4.69) is 4.74 Å². The van der Waals surface area contributed by atoms with Crippen molar-refractivity contribution in [3.63, 3.8) is 0 Å². The SMILES string of the molecule is CCCCOc1ccc2c(sc3c(F)c(OCC(F)(F)F)ccc32)c1F. The predicted molar refractivity (Wildman–Crippen MR) is 91.2 cm³/mol. The van der Waals surface area contributed by atoms with Crippen molar-refractivity contribution in [3.05, 3.63) is 35.9 Å². The highest BCUT2D eigenvalue weighted by atomic mass is 32.1. The fraction of sp³-hybridized carbons (Fsp3) is 0.333. The Labute approximate surface area is 150 Å². The van der Waals surface area contributed by atoms with Gasteiger partial charge in [0.2, 0.25) is 0 Å². The molecule has 2 aromatic carbocycles. The van der Waals surface area contributed by atoms with Crippen molar-refractivity contribution in [1.82, 2.24) is 0 Å². The molecule has 0 aliphatic carbocycles. The van der Waals surface area contributed by atoms with Gasteiger partial charge in [0.05, 0.1) is 16.0 Å². The van der Waals surface area contributed by atoms with Crippen molar-refractivity contribution in [2.75, 3.05) is 13.2 Å². The Morgan fingerprint density at radius 3 is 1.92 bits per heavy atom. The molecule has 0 aliphatic rings. The highest BCUT2D eigenvalue weighted by molar-refractivity contribution is 7.25. The standard InChI is InChI=1S/C18H15F5O2S/c1-2-3-8-24-12-6-4-10-11-5-7-13(25-9-18(21,22)23)15(20)17(11)26-16(10)14(12)19/h4-7H,2-3,8-9H2,1H3. The van der Waals surface area contributed by atoms with Gasteiger partial charge >= 0.3 is 6.18 Å². The molecule has 1 aromatic heterocycles. The van der Waals surface area contributed by atoms with Gasteiger partial charge in [-0.15, -0.1) is 11.3 Å². The zero-order valence-electron chi connectivity index (χ0n) is 13.8. The minimum absolute atomic E-state index is 0.0456. The number of alkyl halides is 3. The van der Waals surface area contributed by atoms with E-state index in [1.165, 1.54) is 12.1 Å². The maximum Gasteiger partial charge on any atom is 0.422 e. The summed E-state index contributed by atoms with van der Waals surface area (Å²) in [7, 11) is 0. The first-order valence-electron chi connectivity index (χ1n) is 7.97. The molecule has 140 valence electrons. The second-order valence-electron chi connectivity index (χ2n) is 5.72. The topological polar surface area (TPSA) is 18.5 Å². The van der Waals surface area contributed by atoms with Crippen LogP contribution in [0, 0.1) is 11.6 Å². The average molecular weight is 390 g/mol. The lowest BCUT2D eigenvalue weighted by Gasteiger charge is -2.10. The minimum Gasteiger partial charge on any atom is -0.490 e. The predicted octanol–water partition coefficient (Wildman–Crippen LogP) is 6.45. The van der Waals surface area contributed by atoms with Gasteiger partial charge in [-0.1, -0.05) is 13.3 Å². The molecule has 0 amide bonds. The van der Waals surface area contributed by atoms with Crippen LogP contribution in [0.1, 0.15) is 19.8 Å². The van der Waals surface area contributed by atoms with Crippen molar-refractivity contribution < 1.29 is 31.4 Å². The fourth-order valence-electron chi connectivity index (χ4n) is 2.51. The van der Waals surface area contributed by atoms with Crippen LogP contribution in [0.4, 0.5) is 22.0 Å². The largest absolute Gasteiger partial charge is 0.490 e. The Kier molecular flexibility index (Phi) is 5.22. The van der Waals surface area contributed by atoms with Crippen LogP contribution in [0.2, 0.25) is 0 Å². The van der Waals surface area contributed by atoms with Crippen molar-refractivity contribution in [2.24, 2.45) is 0 Å². The van der Waals surface area contributed by atoms with Crippen molar-refractivity contribution in [1.29, 1.82) is 0 Å². The zero-order valence-corrected chi connectivity index (χ0v) is 14.6. The number of fused-ring (bicyclic) bond motifs is 3. The first-order chi connectivity index (χ1) is 12.3. The summed E-state index contributed by atoms with van der Waals surface area (Å²) in [6.45, 7) is 0.758. The van der Waals surface area contributed by atoms with Crippen LogP contribution in [-0.4, -0.2) is 19.4 Å². The van der Waals surface area contributed by atoms with Crippen LogP contribution in [0.3, 0.4) is 0 Å². The van der Waals surface area contributed by atoms with Gasteiger partial charge in [-0.2, -0.15) is 13.2 Å². The summed E-state index contributed by atoms with van der Waals surface area (Å²) in [6.07, 6.45) is -2.89. The van der Waals surface area contributed by atoms with Gasteiger partial charge in [0.1, 0.15) is 0 Å². The highest BCUT2D eigenvalue weighted by Gasteiger charge is 2.29. The minimum atomic E-state index is -4.57. The zero-order chi connectivity index (χ0) is 18.9. The van der Waals surface area contributed by atoms with E-state index in [4.69, 9.17) is 4.74 Å². The number of unbranched alkanes of at least 4 members (excludes halogenated alkanes) is 1. The molecule has 0 N–H and O–H groups in total. The molecule has 0 fully saturated rings. The van der Waals surface area contributed by atoms with Gasteiger partial charge in [-0.3, -0.25) is 0 Å². The Morgan fingerprint density at radius 1 is 0.885 bits per heavy atom. The van der Waals surface area contributed by atoms with E-state index in [1.54, 1.807) is 6.07 Å². The molecule has 0 aliphatic heterocycles. The van der Waals surface area contributed by atoms with E-state index in [9.17, 15) is 22.0 Å². The number of thiophene rings is 1. The maximum absolute atomic E-state index is 14.7. The number of hydrogen-bond donors (Lipinski definition) is 0. The lowest BCUT2D eigenvalue weighted by molar-refractivity contribution is -0.153. The number of halogens is 5. The van der Waals surface area contributed by atoms with Crippen LogP contribution >= 0.6 is 11.3 Å². The van der Waals surface area contributed by atoms with E-state index in [1.807, 2.05) is 6.92 Å². The third kappa shape index (κ3) is 3.70. The van der Waals surface area contributed by atoms with E-state index in [-0.39, 0.29) is 15.1 Å². The molecule has 1 heterocycles. The molecule has 0 spiro atoms. The second-order valence-corrected chi connectivity index (χ2v) is 6.74. The highest BCUT2D eigenvalue weighted by Crippen LogP contribution is 2.41. The second kappa shape index (κ2) is 7.26. The van der Waals surface area contributed by atoms with Crippen LogP contribution in [0.15, 0.2) is 24.3 Å². The number of rotatable bonds is 6. The van der Waals surface area contributed by atoms with Crippen molar-refractivity contribution in [2.45, 2.75) is 25.9 Å². The van der Waals surface area contributed by atoms with Gasteiger partial charge in [0.15, 0.2) is 29.7 Å². The van der Waals surface area contributed by atoms with E-state index in [0.717, 1.165) is 30.2 Å². The van der Waals surface area contributed by atoms with Gasteiger partial charge in [0, 0.05) is 10.8 Å². The monoisotopic (exact) mass is 390 g/mol. The lowest BCUT2D eigenvalue weighted by Crippen LogP contribution is -2.19. The molecule has 2 nitrogen and oxygen atoms in total. The summed E-state index contributed by atoms with van der Waals surface area (Å²) in [5.74, 6) is -1.97. The summed E-state index contributed by atoms with van der Waals surface area (Å²) in [4.78, 5) is 0. The van der Waals surface area contributed by atoms with Crippen LogP contribution < -0.4 is 9.47 Å². The summed E-state index contributed by atoms with van der Waals surface area (Å²) < 4.78 is 76.1. The molecular formula is C18H15F5O2S. The molecule has 8 heteroatoms. The first kappa shape index (κ1) is 18.7. The third-order valence-corrected chi connectivity index (χ3v) is 4.97. The van der Waals surface area contributed by atoms with Gasteiger partial charge in [-0.25, -0.2) is 8.78 Å². The molecule has 3 aromatic rings. The molecule has 0 bridgehead atoms. The van der Waals surface area contributed by atoms with Gasteiger partial charge in [-0.05, 0) is 30.7 Å². The van der Waals surface area contributed by atoms with Gasteiger partial charge in [0.25, 0.3) is 0 Å². The van der Waals surface area contributed by atoms with Crippen molar-refractivity contribution >= 4 is 31.5 Å². The molecule has 26 heavy (non-hydrogen) atoms. The first-order valence-corrected chi connectivity index (χ1v) is 8.79. The summed E-state index contributed by atoms with van der Waals surface area (Å²) in [5, 5.41) is 0.896. The smallest absolute Gasteiger partial charge is 0.422 e. The van der Waals surface area contributed by atoms with Crippen LogP contribution in [-0.2, 0) is 0 Å². The average Bonchev–Trinajstić information content (AvgIpc) is 2.96. The lowest BCUT2D eigenvalue weighted by atomic mass is 10.1. The Hall–Kier alpha value is -2.09. The van der Waals surface area contributed by atoms with Crippen LogP contribution in [0.5, 0.6) is 11.5 Å². The number of ether oxygens (including phenoxy) is 2. The number of hydrogen-bond acceptors (Lipinski definition) is 3. The molecule has 0 saturated heterocycles. The molecule has 0 unspecified atom stereocenters. The maximum atomic E-state index is 14.7. The molecule has 0 radical (unpaired) electrons. The van der Waals surface area contributed by atoms with E-state index < -0.39 is 30.2 Å². The Morgan fingerprint density at radius 2 is 1.42 bits per heavy atom. The Bertz CT molecular complexity index is 933. The van der Waals surface area contributed by atoms with E-state index >= 15 is 0 Å². The van der Waals surface area contributed by atoms with Crippen LogP contribution in [0.25, 0.3) is 20.2 Å². The fourth-order valence-corrected chi connectivity index (χ4v) is 3.67. The summed E-state index contributed by atoms with van der Waals surface area (Å²) in [5.41, 5.74) is 0. The van der Waals surface area contributed by atoms with Crippen molar-refractivity contribution in [3.8, 4) is 11.5 Å². The number of benzene rings is 2. The normalized spacial score (nSPS) is 12.1. The third-order valence-electron chi connectivity index (χ3n) is 3.76. The molecular weight excluding hydrogens is 375 g/mol. The summed E-state index contributed by atoms with van der Waals surface area (Å²) >= 11 is 0.825. The summed E-state index contributed by atoms with van der Waals surface area (Å²) in [6, 6.07) is 5.65. The van der Waals surface area contributed by atoms with Gasteiger partial charge < -0.3 is 9.47 Å². The molecule has 3 rings (SSSR count).